The number of ether oxygens (including phenoxy) is 1. The number of hydrogen-bond donors (Lipinski definition) is 3. The second kappa shape index (κ2) is 5.97. The predicted octanol–water partition coefficient (Wildman–Crippen LogP) is -0.0245. The van der Waals surface area contributed by atoms with Crippen molar-refractivity contribution < 1.29 is 18.7 Å². The van der Waals surface area contributed by atoms with E-state index in [1.807, 2.05) is 0 Å². The summed E-state index contributed by atoms with van der Waals surface area (Å²) >= 11 is 0. The highest BCUT2D eigenvalue weighted by Gasteiger charge is 2.16. The molecule has 18 heavy (non-hydrogen) atoms. The van der Waals surface area contributed by atoms with Gasteiger partial charge in [-0.1, -0.05) is 0 Å². The maximum atomic E-state index is 13.1. The first-order valence-electron chi connectivity index (χ1n) is 5.12. The molecule has 1 aromatic rings. The van der Waals surface area contributed by atoms with E-state index in [4.69, 9.17) is 16.2 Å². The number of halogens is 1. The number of primary amides is 1. The third-order valence-electron chi connectivity index (χ3n) is 2.18. The molecule has 0 bridgehead atoms. The van der Waals surface area contributed by atoms with Crippen LogP contribution in [0.3, 0.4) is 0 Å². The van der Waals surface area contributed by atoms with Gasteiger partial charge in [-0.15, -0.1) is 0 Å². The van der Waals surface area contributed by atoms with E-state index in [0.29, 0.717) is 5.69 Å². The lowest BCUT2D eigenvalue weighted by Crippen LogP contribution is -2.38. The van der Waals surface area contributed by atoms with E-state index < -0.39 is 23.7 Å². The minimum atomic E-state index is -1.04. The molecule has 1 unspecified atom stereocenters. The Morgan fingerprint density at radius 2 is 2.17 bits per heavy atom. The average Bonchev–Trinajstić information content (AvgIpc) is 2.30. The summed E-state index contributed by atoms with van der Waals surface area (Å²) in [5.41, 5.74) is 10.7. The quantitative estimate of drug-likeness (QED) is 0.686. The van der Waals surface area contributed by atoms with Gasteiger partial charge in [0.1, 0.15) is 0 Å². The summed E-state index contributed by atoms with van der Waals surface area (Å²) in [6, 6.07) is 2.77. The Kier molecular flexibility index (Phi) is 4.61. The molecule has 0 fully saturated rings. The number of rotatable bonds is 5. The maximum absolute atomic E-state index is 13.1. The number of carbonyl (C=O) groups is 2. The molecule has 0 aliphatic rings. The van der Waals surface area contributed by atoms with E-state index in [2.05, 4.69) is 5.32 Å². The molecule has 98 valence electrons. The Balaban J connectivity index is 2.72. The molecule has 0 aliphatic heterocycles. The fraction of sp³-hybridized carbons (Fsp3) is 0.273. The zero-order valence-corrected chi connectivity index (χ0v) is 9.77. The minimum absolute atomic E-state index is 0.00345. The summed E-state index contributed by atoms with van der Waals surface area (Å²) in [6.07, 6.45) is -0.260. The van der Waals surface area contributed by atoms with Crippen LogP contribution in [0.15, 0.2) is 18.2 Å². The largest absolute Gasteiger partial charge is 0.494 e. The molecule has 0 saturated carbocycles. The van der Waals surface area contributed by atoms with Crippen molar-refractivity contribution in [3.8, 4) is 5.75 Å². The Morgan fingerprint density at radius 1 is 1.50 bits per heavy atom. The Labute approximate surface area is 103 Å². The highest BCUT2D eigenvalue weighted by atomic mass is 19.1. The number of nitrogens with one attached hydrogen (secondary N) is 1. The smallest absolute Gasteiger partial charge is 0.241 e. The summed E-state index contributed by atoms with van der Waals surface area (Å²) in [5.74, 6) is -1.80. The molecule has 2 amide bonds. The number of nitrogens with two attached hydrogens (primary N) is 2. The van der Waals surface area contributed by atoms with Gasteiger partial charge < -0.3 is 21.5 Å². The van der Waals surface area contributed by atoms with Crippen LogP contribution in [0.5, 0.6) is 5.75 Å². The van der Waals surface area contributed by atoms with Gasteiger partial charge in [0.25, 0.3) is 0 Å². The predicted molar refractivity (Wildman–Crippen MR) is 63.4 cm³/mol. The first-order chi connectivity index (χ1) is 8.43. The van der Waals surface area contributed by atoms with Gasteiger partial charge in [-0.05, 0) is 12.1 Å². The molecule has 0 heterocycles. The fourth-order valence-electron chi connectivity index (χ4n) is 1.28. The van der Waals surface area contributed by atoms with Gasteiger partial charge >= 0.3 is 0 Å². The highest BCUT2D eigenvalue weighted by Crippen LogP contribution is 2.21. The molecule has 0 aliphatic carbocycles. The van der Waals surface area contributed by atoms with E-state index in [1.54, 1.807) is 0 Å². The van der Waals surface area contributed by atoms with E-state index in [0.717, 1.165) is 6.07 Å². The van der Waals surface area contributed by atoms with Crippen molar-refractivity contribution in [2.24, 2.45) is 11.5 Å². The van der Waals surface area contributed by atoms with Crippen molar-refractivity contribution in [2.45, 2.75) is 12.5 Å². The molecule has 7 heteroatoms. The summed E-state index contributed by atoms with van der Waals surface area (Å²) in [5, 5.41) is 2.43. The van der Waals surface area contributed by atoms with Crippen molar-refractivity contribution >= 4 is 17.5 Å². The number of hydrogen-bond acceptors (Lipinski definition) is 4. The summed E-state index contributed by atoms with van der Waals surface area (Å²) in [7, 11) is 1.31. The molecular formula is C11H14FN3O3. The second-order valence-electron chi connectivity index (χ2n) is 3.62. The first kappa shape index (κ1) is 13.9. The lowest BCUT2D eigenvalue weighted by molar-refractivity contribution is -0.123. The monoisotopic (exact) mass is 255 g/mol. The number of amides is 2. The van der Waals surface area contributed by atoms with Gasteiger partial charge in [0, 0.05) is 11.8 Å². The topological polar surface area (TPSA) is 107 Å². The van der Waals surface area contributed by atoms with Gasteiger partial charge in [-0.2, -0.15) is 0 Å². The van der Waals surface area contributed by atoms with Crippen LogP contribution in [-0.4, -0.2) is 25.0 Å². The van der Waals surface area contributed by atoms with Crippen LogP contribution in [0.2, 0.25) is 0 Å². The van der Waals surface area contributed by atoms with Crippen LogP contribution in [0, 0.1) is 5.82 Å². The van der Waals surface area contributed by atoms with Gasteiger partial charge in [0.05, 0.1) is 19.6 Å². The molecule has 1 atom stereocenters. The van der Waals surface area contributed by atoms with Crippen molar-refractivity contribution in [3.05, 3.63) is 24.0 Å². The van der Waals surface area contributed by atoms with Crippen molar-refractivity contribution in [2.75, 3.05) is 12.4 Å². The standard InChI is InChI=1S/C11H14FN3O3/c1-18-9-4-6(2-3-7(9)12)15-11(17)8(13)5-10(14)16/h2-4,8H,5,13H2,1H3,(H2,14,16)(H,15,17). The molecular weight excluding hydrogens is 241 g/mol. The zero-order chi connectivity index (χ0) is 13.7. The molecule has 0 aromatic heterocycles. The van der Waals surface area contributed by atoms with Crippen LogP contribution in [0.25, 0.3) is 0 Å². The van der Waals surface area contributed by atoms with E-state index in [9.17, 15) is 14.0 Å². The number of carbonyl (C=O) groups excluding carboxylic acids is 2. The number of methoxy groups -OCH3 is 1. The molecule has 1 aromatic carbocycles. The molecule has 0 radical (unpaired) electrons. The minimum Gasteiger partial charge on any atom is -0.494 e. The van der Waals surface area contributed by atoms with E-state index in [-0.39, 0.29) is 12.2 Å². The first-order valence-corrected chi connectivity index (χ1v) is 5.12. The van der Waals surface area contributed by atoms with E-state index in [1.165, 1.54) is 19.2 Å². The fourth-order valence-corrected chi connectivity index (χ4v) is 1.28. The van der Waals surface area contributed by atoms with Gasteiger partial charge in [-0.3, -0.25) is 9.59 Å². The van der Waals surface area contributed by atoms with Gasteiger partial charge in [-0.25, -0.2) is 4.39 Å². The van der Waals surface area contributed by atoms with Crippen LogP contribution in [0.4, 0.5) is 10.1 Å². The third-order valence-corrected chi connectivity index (χ3v) is 2.18. The van der Waals surface area contributed by atoms with E-state index >= 15 is 0 Å². The molecule has 5 N–H and O–H groups in total. The normalized spacial score (nSPS) is 11.7. The summed E-state index contributed by atoms with van der Waals surface area (Å²) in [4.78, 5) is 22.2. The SMILES string of the molecule is COc1cc(NC(=O)C(N)CC(N)=O)ccc1F. The van der Waals surface area contributed by atoms with Crippen molar-refractivity contribution in [3.63, 3.8) is 0 Å². The molecule has 0 saturated heterocycles. The maximum Gasteiger partial charge on any atom is 0.241 e. The van der Waals surface area contributed by atoms with Gasteiger partial charge in [0.2, 0.25) is 11.8 Å². The van der Waals surface area contributed by atoms with Crippen LogP contribution < -0.4 is 21.5 Å². The van der Waals surface area contributed by atoms with Crippen molar-refractivity contribution in [1.82, 2.24) is 0 Å². The number of anilines is 1. The lowest BCUT2D eigenvalue weighted by atomic mass is 10.2. The Hall–Kier alpha value is -2.15. The number of benzene rings is 1. The Bertz CT molecular complexity index is 465. The van der Waals surface area contributed by atoms with Crippen molar-refractivity contribution in [1.29, 1.82) is 0 Å². The van der Waals surface area contributed by atoms with Gasteiger partial charge in [0.15, 0.2) is 11.6 Å². The van der Waals surface area contributed by atoms with Crippen LogP contribution in [0.1, 0.15) is 6.42 Å². The zero-order valence-electron chi connectivity index (χ0n) is 9.77. The third kappa shape index (κ3) is 3.70. The Morgan fingerprint density at radius 3 is 2.72 bits per heavy atom. The summed E-state index contributed by atoms with van der Waals surface area (Å²) in [6.45, 7) is 0. The lowest BCUT2D eigenvalue weighted by Gasteiger charge is -2.11. The molecule has 6 nitrogen and oxygen atoms in total. The average molecular weight is 255 g/mol. The summed E-state index contributed by atoms with van der Waals surface area (Å²) < 4.78 is 17.9. The van der Waals surface area contributed by atoms with Crippen LogP contribution >= 0.6 is 0 Å². The molecule has 0 spiro atoms. The molecule has 1 rings (SSSR count). The second-order valence-corrected chi connectivity index (χ2v) is 3.62. The van der Waals surface area contributed by atoms with Crippen LogP contribution in [-0.2, 0) is 9.59 Å². The highest BCUT2D eigenvalue weighted by molar-refractivity contribution is 5.97.